The normalized spacial score (nSPS) is 10.3. The van der Waals surface area contributed by atoms with Crippen LogP contribution in [0.3, 0.4) is 0 Å². The Labute approximate surface area is 115 Å². The molecule has 0 amide bonds. The van der Waals surface area contributed by atoms with Gasteiger partial charge in [0.15, 0.2) is 11.6 Å². The number of phenols is 1. The van der Waals surface area contributed by atoms with Crippen molar-refractivity contribution >= 4 is 11.7 Å². The van der Waals surface area contributed by atoms with Crippen molar-refractivity contribution in [3.8, 4) is 5.75 Å². The summed E-state index contributed by atoms with van der Waals surface area (Å²) in [6, 6.07) is 9.06. The van der Waals surface area contributed by atoms with Crippen molar-refractivity contribution in [3.05, 3.63) is 58.9 Å². The third-order valence-corrected chi connectivity index (χ3v) is 3.06. The molecule has 0 fully saturated rings. The van der Waals surface area contributed by atoms with Gasteiger partial charge in [-0.25, -0.2) is 9.18 Å². The van der Waals surface area contributed by atoms with Gasteiger partial charge in [0.25, 0.3) is 0 Å². The van der Waals surface area contributed by atoms with Crippen LogP contribution in [0.5, 0.6) is 5.75 Å². The van der Waals surface area contributed by atoms with E-state index in [1.165, 1.54) is 18.2 Å². The van der Waals surface area contributed by atoms with E-state index in [4.69, 9.17) is 10.2 Å². The first-order valence-corrected chi connectivity index (χ1v) is 6.03. The summed E-state index contributed by atoms with van der Waals surface area (Å²) >= 11 is 0. The summed E-state index contributed by atoms with van der Waals surface area (Å²) in [5, 5.41) is 21.2. The van der Waals surface area contributed by atoms with Crippen LogP contribution >= 0.6 is 0 Å². The van der Waals surface area contributed by atoms with E-state index in [1.54, 1.807) is 25.1 Å². The Balaban J connectivity index is 2.17. The SMILES string of the molecule is Cc1c(NCc2ccc(O)c(F)c2)cccc1C(=O)O. The number of carbonyl (C=O) groups is 1. The number of hydrogen-bond acceptors (Lipinski definition) is 3. The Kier molecular flexibility index (Phi) is 3.89. The molecule has 0 aliphatic carbocycles. The number of carboxylic acid groups (broad SMARTS) is 1. The number of hydrogen-bond donors (Lipinski definition) is 3. The molecular formula is C15H14FNO3. The predicted molar refractivity (Wildman–Crippen MR) is 73.5 cm³/mol. The summed E-state index contributed by atoms with van der Waals surface area (Å²) in [4.78, 5) is 11.0. The van der Waals surface area contributed by atoms with Gasteiger partial charge in [-0.05, 0) is 42.3 Å². The van der Waals surface area contributed by atoms with Crippen molar-refractivity contribution in [2.75, 3.05) is 5.32 Å². The third-order valence-electron chi connectivity index (χ3n) is 3.06. The molecule has 2 aromatic carbocycles. The van der Waals surface area contributed by atoms with E-state index < -0.39 is 17.5 Å². The number of carboxylic acids is 1. The van der Waals surface area contributed by atoms with E-state index in [9.17, 15) is 9.18 Å². The second-order valence-corrected chi connectivity index (χ2v) is 4.42. The highest BCUT2D eigenvalue weighted by atomic mass is 19.1. The molecular weight excluding hydrogens is 261 g/mol. The van der Waals surface area contributed by atoms with Gasteiger partial charge in [-0.3, -0.25) is 0 Å². The van der Waals surface area contributed by atoms with Gasteiger partial charge in [0.1, 0.15) is 0 Å². The predicted octanol–water partition coefficient (Wildman–Crippen LogP) is 3.15. The Bertz CT molecular complexity index is 656. The zero-order valence-electron chi connectivity index (χ0n) is 10.9. The molecule has 0 saturated heterocycles. The van der Waals surface area contributed by atoms with Crippen molar-refractivity contribution < 1.29 is 19.4 Å². The van der Waals surface area contributed by atoms with Crippen LogP contribution in [-0.2, 0) is 6.54 Å². The Hall–Kier alpha value is -2.56. The van der Waals surface area contributed by atoms with E-state index >= 15 is 0 Å². The lowest BCUT2D eigenvalue weighted by molar-refractivity contribution is 0.0696. The van der Waals surface area contributed by atoms with Gasteiger partial charge < -0.3 is 15.5 Å². The smallest absolute Gasteiger partial charge is 0.336 e. The van der Waals surface area contributed by atoms with Crippen LogP contribution in [0.15, 0.2) is 36.4 Å². The van der Waals surface area contributed by atoms with E-state index in [0.29, 0.717) is 23.4 Å². The fourth-order valence-electron chi connectivity index (χ4n) is 1.92. The molecule has 2 aromatic rings. The fraction of sp³-hybridized carbons (Fsp3) is 0.133. The quantitative estimate of drug-likeness (QED) is 0.801. The molecule has 2 rings (SSSR count). The molecule has 0 aliphatic rings. The van der Waals surface area contributed by atoms with Gasteiger partial charge in [-0.2, -0.15) is 0 Å². The van der Waals surface area contributed by atoms with Crippen LogP contribution in [0.4, 0.5) is 10.1 Å². The van der Waals surface area contributed by atoms with Gasteiger partial charge in [0, 0.05) is 12.2 Å². The van der Waals surface area contributed by atoms with Gasteiger partial charge >= 0.3 is 5.97 Å². The van der Waals surface area contributed by atoms with Gasteiger partial charge in [0.2, 0.25) is 0 Å². The average Bonchev–Trinajstić information content (AvgIpc) is 2.41. The molecule has 0 aromatic heterocycles. The van der Waals surface area contributed by atoms with Crippen LogP contribution in [0.25, 0.3) is 0 Å². The summed E-state index contributed by atoms with van der Waals surface area (Å²) in [5.74, 6) is -2.06. The molecule has 3 N–H and O–H groups in total. The van der Waals surface area contributed by atoms with Gasteiger partial charge in [-0.1, -0.05) is 12.1 Å². The number of halogens is 1. The maximum Gasteiger partial charge on any atom is 0.336 e. The molecule has 5 heteroatoms. The zero-order valence-corrected chi connectivity index (χ0v) is 10.9. The van der Waals surface area contributed by atoms with Gasteiger partial charge in [0.05, 0.1) is 5.56 Å². The third kappa shape index (κ3) is 2.88. The van der Waals surface area contributed by atoms with Crippen LogP contribution in [0, 0.1) is 12.7 Å². The number of benzene rings is 2. The molecule has 0 radical (unpaired) electrons. The maximum absolute atomic E-state index is 13.2. The monoisotopic (exact) mass is 275 g/mol. The Morgan fingerprint density at radius 3 is 2.70 bits per heavy atom. The average molecular weight is 275 g/mol. The molecule has 104 valence electrons. The highest BCUT2D eigenvalue weighted by Gasteiger charge is 2.10. The van der Waals surface area contributed by atoms with Crippen molar-refractivity contribution in [2.45, 2.75) is 13.5 Å². The molecule has 4 nitrogen and oxygen atoms in total. The van der Waals surface area contributed by atoms with Crippen molar-refractivity contribution in [3.63, 3.8) is 0 Å². The second-order valence-electron chi connectivity index (χ2n) is 4.42. The minimum atomic E-state index is -0.984. The van der Waals surface area contributed by atoms with E-state index in [-0.39, 0.29) is 5.56 Å². The van der Waals surface area contributed by atoms with Crippen LogP contribution in [0.2, 0.25) is 0 Å². The Morgan fingerprint density at radius 1 is 1.30 bits per heavy atom. The summed E-state index contributed by atoms with van der Waals surface area (Å²) in [6.45, 7) is 2.05. The maximum atomic E-state index is 13.2. The van der Waals surface area contributed by atoms with Gasteiger partial charge in [-0.15, -0.1) is 0 Å². The molecule has 0 spiro atoms. The molecule has 0 saturated carbocycles. The summed E-state index contributed by atoms with van der Waals surface area (Å²) in [5.41, 5.74) is 2.19. The molecule has 0 aliphatic heterocycles. The second kappa shape index (κ2) is 5.61. The van der Waals surface area contributed by atoms with Crippen LogP contribution in [-0.4, -0.2) is 16.2 Å². The number of anilines is 1. The van der Waals surface area contributed by atoms with E-state index in [0.717, 1.165) is 0 Å². The first-order valence-electron chi connectivity index (χ1n) is 6.03. The standard InChI is InChI=1S/C15H14FNO3/c1-9-11(15(19)20)3-2-4-13(9)17-8-10-5-6-14(18)12(16)7-10/h2-7,17-18H,8H2,1H3,(H,19,20). The number of phenolic OH excluding ortho intramolecular Hbond substituents is 1. The number of aromatic carboxylic acids is 1. The number of nitrogens with one attached hydrogen (secondary N) is 1. The first-order chi connectivity index (χ1) is 9.49. The summed E-state index contributed by atoms with van der Waals surface area (Å²) < 4.78 is 13.2. The van der Waals surface area contributed by atoms with Crippen LogP contribution in [0.1, 0.15) is 21.5 Å². The summed E-state index contributed by atoms with van der Waals surface area (Å²) in [6.07, 6.45) is 0. The van der Waals surface area contributed by atoms with E-state index in [2.05, 4.69) is 5.32 Å². The Morgan fingerprint density at radius 2 is 2.05 bits per heavy atom. The number of aromatic hydroxyl groups is 1. The molecule has 0 unspecified atom stereocenters. The van der Waals surface area contributed by atoms with Crippen molar-refractivity contribution in [1.29, 1.82) is 0 Å². The topological polar surface area (TPSA) is 69.6 Å². The fourth-order valence-corrected chi connectivity index (χ4v) is 1.92. The highest BCUT2D eigenvalue weighted by Crippen LogP contribution is 2.21. The van der Waals surface area contributed by atoms with Crippen molar-refractivity contribution in [2.24, 2.45) is 0 Å². The molecule has 20 heavy (non-hydrogen) atoms. The van der Waals surface area contributed by atoms with Crippen molar-refractivity contribution in [1.82, 2.24) is 0 Å². The molecule has 0 bridgehead atoms. The minimum absolute atomic E-state index is 0.229. The minimum Gasteiger partial charge on any atom is -0.505 e. The summed E-state index contributed by atoms with van der Waals surface area (Å²) in [7, 11) is 0. The lowest BCUT2D eigenvalue weighted by Crippen LogP contribution is -2.05. The van der Waals surface area contributed by atoms with Crippen LogP contribution < -0.4 is 5.32 Å². The lowest BCUT2D eigenvalue weighted by Gasteiger charge is -2.11. The highest BCUT2D eigenvalue weighted by molar-refractivity contribution is 5.91. The number of rotatable bonds is 4. The zero-order chi connectivity index (χ0) is 14.7. The largest absolute Gasteiger partial charge is 0.505 e. The molecule has 0 atom stereocenters. The van der Waals surface area contributed by atoms with E-state index in [1.807, 2.05) is 0 Å². The molecule has 0 heterocycles. The lowest BCUT2D eigenvalue weighted by atomic mass is 10.1. The first kappa shape index (κ1) is 13.9.